The maximum absolute atomic E-state index is 9.16. The Morgan fingerprint density at radius 3 is 3.08 bits per heavy atom. The first-order chi connectivity index (χ1) is 6.29. The maximum atomic E-state index is 9.16. The van der Waals surface area contributed by atoms with Crippen molar-refractivity contribution in [2.45, 2.75) is 6.42 Å². The van der Waals surface area contributed by atoms with E-state index in [0.717, 1.165) is 5.52 Å². The molecule has 0 unspecified atom stereocenters. The van der Waals surface area contributed by atoms with E-state index in [1.54, 1.807) is 18.2 Å². The molecule has 0 aliphatic heterocycles. The summed E-state index contributed by atoms with van der Waals surface area (Å²) >= 11 is 0. The van der Waals surface area contributed by atoms with Gasteiger partial charge in [0.15, 0.2) is 11.5 Å². The number of rotatable bonds is 2. The molecule has 0 spiro atoms. The number of phenols is 1. The van der Waals surface area contributed by atoms with Crippen LogP contribution < -0.4 is 5.73 Å². The van der Waals surface area contributed by atoms with Crippen molar-refractivity contribution in [3.05, 3.63) is 24.1 Å². The van der Waals surface area contributed by atoms with Crippen LogP contribution in [-0.2, 0) is 6.42 Å². The lowest BCUT2D eigenvalue weighted by Crippen LogP contribution is -2.02. The molecular weight excluding hydrogens is 168 g/mol. The molecule has 1 aromatic heterocycles. The molecule has 4 nitrogen and oxygen atoms in total. The van der Waals surface area contributed by atoms with E-state index in [0.29, 0.717) is 24.4 Å². The number of aromatic nitrogens is 1. The number of benzene rings is 1. The summed E-state index contributed by atoms with van der Waals surface area (Å²) in [6, 6.07) is 4.84. The van der Waals surface area contributed by atoms with Crippen LogP contribution in [0.4, 0.5) is 0 Å². The SMILES string of the molecule is NCCc1nc2ccc(O)cc2o1. The molecular formula is C9H10N2O2. The van der Waals surface area contributed by atoms with Crippen molar-refractivity contribution in [3.63, 3.8) is 0 Å². The van der Waals surface area contributed by atoms with Crippen LogP contribution in [-0.4, -0.2) is 16.6 Å². The molecule has 0 fully saturated rings. The van der Waals surface area contributed by atoms with Crippen LogP contribution in [0.15, 0.2) is 22.6 Å². The Hall–Kier alpha value is -1.55. The molecule has 68 valence electrons. The van der Waals surface area contributed by atoms with E-state index in [1.807, 2.05) is 0 Å². The Balaban J connectivity index is 2.49. The second-order valence-corrected chi connectivity index (χ2v) is 2.80. The highest BCUT2D eigenvalue weighted by Gasteiger charge is 2.04. The second-order valence-electron chi connectivity index (χ2n) is 2.80. The normalized spacial score (nSPS) is 10.8. The Bertz CT molecular complexity index is 422. The molecule has 0 bridgehead atoms. The Morgan fingerprint density at radius 2 is 2.31 bits per heavy atom. The zero-order valence-electron chi connectivity index (χ0n) is 7.03. The van der Waals surface area contributed by atoms with Gasteiger partial charge in [0.1, 0.15) is 11.3 Å². The number of hydrogen-bond acceptors (Lipinski definition) is 4. The monoisotopic (exact) mass is 178 g/mol. The van der Waals surface area contributed by atoms with Gasteiger partial charge in [-0.1, -0.05) is 0 Å². The lowest BCUT2D eigenvalue weighted by Gasteiger charge is -1.87. The summed E-state index contributed by atoms with van der Waals surface area (Å²) in [5, 5.41) is 9.16. The third-order valence-electron chi connectivity index (χ3n) is 1.77. The summed E-state index contributed by atoms with van der Waals surface area (Å²) in [4.78, 5) is 4.19. The van der Waals surface area contributed by atoms with E-state index in [-0.39, 0.29) is 5.75 Å². The average Bonchev–Trinajstić information content (AvgIpc) is 2.46. The first kappa shape index (κ1) is 8.07. The summed E-state index contributed by atoms with van der Waals surface area (Å²) in [6.07, 6.45) is 0.620. The molecule has 13 heavy (non-hydrogen) atoms. The molecule has 0 amide bonds. The summed E-state index contributed by atoms with van der Waals surface area (Å²) in [6.45, 7) is 0.513. The predicted molar refractivity (Wildman–Crippen MR) is 48.4 cm³/mol. The van der Waals surface area contributed by atoms with Gasteiger partial charge in [0.2, 0.25) is 0 Å². The maximum Gasteiger partial charge on any atom is 0.196 e. The first-order valence-electron chi connectivity index (χ1n) is 4.08. The van der Waals surface area contributed by atoms with Crippen molar-refractivity contribution in [2.24, 2.45) is 5.73 Å². The fraction of sp³-hybridized carbons (Fsp3) is 0.222. The predicted octanol–water partition coefficient (Wildman–Crippen LogP) is 1.03. The zero-order valence-corrected chi connectivity index (χ0v) is 7.03. The van der Waals surface area contributed by atoms with Gasteiger partial charge in [-0.25, -0.2) is 4.98 Å². The van der Waals surface area contributed by atoms with Crippen molar-refractivity contribution in [1.82, 2.24) is 4.98 Å². The van der Waals surface area contributed by atoms with Gasteiger partial charge in [0, 0.05) is 19.0 Å². The number of nitrogens with two attached hydrogens (primary N) is 1. The lowest BCUT2D eigenvalue weighted by molar-refractivity contribution is 0.473. The van der Waals surface area contributed by atoms with Gasteiger partial charge in [0.25, 0.3) is 0 Å². The number of fused-ring (bicyclic) bond motifs is 1. The van der Waals surface area contributed by atoms with E-state index in [1.165, 1.54) is 0 Å². The van der Waals surface area contributed by atoms with Crippen LogP contribution in [0.2, 0.25) is 0 Å². The standard InChI is InChI=1S/C9H10N2O2/c10-4-3-9-11-7-2-1-6(12)5-8(7)13-9/h1-2,5,12H,3-4,10H2. The summed E-state index contributed by atoms with van der Waals surface area (Å²) in [7, 11) is 0. The van der Waals surface area contributed by atoms with Gasteiger partial charge in [-0.15, -0.1) is 0 Å². The van der Waals surface area contributed by atoms with Crippen molar-refractivity contribution in [1.29, 1.82) is 0 Å². The molecule has 0 radical (unpaired) electrons. The molecule has 1 heterocycles. The summed E-state index contributed by atoms with van der Waals surface area (Å²) in [5.74, 6) is 0.797. The molecule has 2 rings (SSSR count). The third kappa shape index (κ3) is 1.48. The third-order valence-corrected chi connectivity index (χ3v) is 1.77. The fourth-order valence-electron chi connectivity index (χ4n) is 1.19. The van der Waals surface area contributed by atoms with E-state index >= 15 is 0 Å². The molecule has 0 saturated carbocycles. The largest absolute Gasteiger partial charge is 0.508 e. The lowest BCUT2D eigenvalue weighted by atomic mass is 10.3. The topological polar surface area (TPSA) is 72.3 Å². The highest BCUT2D eigenvalue weighted by molar-refractivity contribution is 5.74. The van der Waals surface area contributed by atoms with E-state index in [2.05, 4.69) is 4.98 Å². The van der Waals surface area contributed by atoms with E-state index in [9.17, 15) is 0 Å². The van der Waals surface area contributed by atoms with Gasteiger partial charge >= 0.3 is 0 Å². The van der Waals surface area contributed by atoms with E-state index < -0.39 is 0 Å². The van der Waals surface area contributed by atoms with Crippen LogP contribution in [0.5, 0.6) is 5.75 Å². The van der Waals surface area contributed by atoms with Gasteiger partial charge in [-0.3, -0.25) is 0 Å². The smallest absolute Gasteiger partial charge is 0.196 e. The van der Waals surface area contributed by atoms with Crippen molar-refractivity contribution < 1.29 is 9.52 Å². The van der Waals surface area contributed by atoms with Crippen LogP contribution >= 0.6 is 0 Å². The van der Waals surface area contributed by atoms with Gasteiger partial charge in [0.05, 0.1) is 0 Å². The number of aromatic hydroxyl groups is 1. The van der Waals surface area contributed by atoms with Gasteiger partial charge < -0.3 is 15.3 Å². The van der Waals surface area contributed by atoms with Gasteiger partial charge in [-0.05, 0) is 12.1 Å². The zero-order chi connectivity index (χ0) is 9.26. The number of nitrogens with zero attached hydrogens (tertiary/aromatic N) is 1. The highest BCUT2D eigenvalue weighted by atomic mass is 16.3. The average molecular weight is 178 g/mol. The highest BCUT2D eigenvalue weighted by Crippen LogP contribution is 2.20. The molecule has 4 heteroatoms. The van der Waals surface area contributed by atoms with Crippen molar-refractivity contribution >= 4 is 11.1 Å². The van der Waals surface area contributed by atoms with Gasteiger partial charge in [-0.2, -0.15) is 0 Å². The fourth-order valence-corrected chi connectivity index (χ4v) is 1.19. The Kier molecular flexibility index (Phi) is 1.90. The first-order valence-corrected chi connectivity index (χ1v) is 4.08. The molecule has 0 atom stereocenters. The van der Waals surface area contributed by atoms with E-state index in [4.69, 9.17) is 15.3 Å². The minimum atomic E-state index is 0.183. The Morgan fingerprint density at radius 1 is 1.46 bits per heavy atom. The number of oxazole rings is 1. The molecule has 0 aliphatic rings. The van der Waals surface area contributed by atoms with Crippen LogP contribution in [0, 0.1) is 0 Å². The molecule has 1 aromatic carbocycles. The molecule has 3 N–H and O–H groups in total. The van der Waals surface area contributed by atoms with Crippen LogP contribution in [0.3, 0.4) is 0 Å². The summed E-state index contributed by atoms with van der Waals surface area (Å²) < 4.78 is 5.34. The minimum Gasteiger partial charge on any atom is -0.508 e. The van der Waals surface area contributed by atoms with Crippen LogP contribution in [0.25, 0.3) is 11.1 Å². The Labute approximate surface area is 75.0 Å². The molecule has 0 saturated heterocycles. The van der Waals surface area contributed by atoms with Crippen molar-refractivity contribution in [2.75, 3.05) is 6.54 Å². The molecule has 0 aliphatic carbocycles. The number of hydrogen-bond donors (Lipinski definition) is 2. The van der Waals surface area contributed by atoms with Crippen molar-refractivity contribution in [3.8, 4) is 5.75 Å². The number of phenolic OH excluding ortho intramolecular Hbond substituents is 1. The molecule has 2 aromatic rings. The minimum absolute atomic E-state index is 0.183. The summed E-state index contributed by atoms with van der Waals surface area (Å²) in [5.41, 5.74) is 6.71. The quantitative estimate of drug-likeness (QED) is 0.720. The second kappa shape index (κ2) is 3.06. The van der Waals surface area contributed by atoms with Crippen LogP contribution in [0.1, 0.15) is 5.89 Å².